The van der Waals surface area contributed by atoms with Gasteiger partial charge in [0.15, 0.2) is 0 Å². The van der Waals surface area contributed by atoms with Gasteiger partial charge in [0.25, 0.3) is 5.91 Å². The van der Waals surface area contributed by atoms with E-state index in [9.17, 15) is 19.5 Å². The number of carbonyl (C=O) groups is 3. The average molecular weight is 389 g/mol. The highest BCUT2D eigenvalue weighted by atomic mass is 16.4. The number of carboxylic acid groups (broad SMARTS) is 1. The molecule has 2 atom stereocenters. The van der Waals surface area contributed by atoms with Crippen molar-refractivity contribution in [1.29, 1.82) is 0 Å². The molecule has 2 N–H and O–H groups in total. The maximum Gasteiger partial charge on any atom is 0.308 e. The highest BCUT2D eigenvalue weighted by molar-refractivity contribution is 5.95. The van der Waals surface area contributed by atoms with Gasteiger partial charge in [0.2, 0.25) is 5.91 Å². The molecule has 1 aromatic carbocycles. The van der Waals surface area contributed by atoms with E-state index in [0.717, 1.165) is 17.5 Å². The monoisotopic (exact) mass is 388 g/mol. The summed E-state index contributed by atoms with van der Waals surface area (Å²) in [6.45, 7) is 9.01. The van der Waals surface area contributed by atoms with Crippen LogP contribution in [0.15, 0.2) is 18.2 Å². The van der Waals surface area contributed by atoms with E-state index in [4.69, 9.17) is 0 Å². The molecule has 1 aromatic rings. The quantitative estimate of drug-likeness (QED) is 0.752. The molecule has 6 heteroatoms. The normalized spacial score (nSPS) is 18.0. The second-order valence-electron chi connectivity index (χ2n) is 8.38. The Hall–Kier alpha value is -2.37. The number of carbonyl (C=O) groups excluding carboxylic acids is 2. The van der Waals surface area contributed by atoms with Crippen molar-refractivity contribution in [2.24, 2.45) is 17.8 Å². The number of hydrogen-bond donors (Lipinski definition) is 2. The lowest BCUT2D eigenvalue weighted by atomic mass is 9.94. The number of hydrogen-bond acceptors (Lipinski definition) is 3. The molecule has 6 nitrogen and oxygen atoms in total. The minimum atomic E-state index is -0.885. The van der Waals surface area contributed by atoms with Crippen molar-refractivity contribution < 1.29 is 19.5 Å². The number of benzene rings is 1. The van der Waals surface area contributed by atoms with Crippen LogP contribution in [0.5, 0.6) is 0 Å². The highest BCUT2D eigenvalue weighted by Gasteiger charge is 2.30. The van der Waals surface area contributed by atoms with Crippen molar-refractivity contribution >= 4 is 17.8 Å². The van der Waals surface area contributed by atoms with Crippen LogP contribution in [0.2, 0.25) is 0 Å². The molecule has 1 heterocycles. The Morgan fingerprint density at radius 1 is 1.18 bits per heavy atom. The lowest BCUT2D eigenvalue weighted by molar-refractivity contribution is -0.142. The molecule has 154 valence electrons. The van der Waals surface area contributed by atoms with Gasteiger partial charge in [-0.25, -0.2) is 0 Å². The van der Waals surface area contributed by atoms with Crippen LogP contribution in [0.3, 0.4) is 0 Å². The van der Waals surface area contributed by atoms with Gasteiger partial charge in [-0.2, -0.15) is 0 Å². The van der Waals surface area contributed by atoms with Crippen molar-refractivity contribution in [3.05, 3.63) is 34.9 Å². The van der Waals surface area contributed by atoms with Gasteiger partial charge in [-0.3, -0.25) is 14.4 Å². The van der Waals surface area contributed by atoms with Gasteiger partial charge < -0.3 is 15.3 Å². The van der Waals surface area contributed by atoms with Crippen molar-refractivity contribution in [3.8, 4) is 0 Å². The van der Waals surface area contributed by atoms with E-state index in [-0.39, 0.29) is 30.2 Å². The number of nitrogens with zero attached hydrogens (tertiary/aromatic N) is 1. The van der Waals surface area contributed by atoms with E-state index in [0.29, 0.717) is 31.5 Å². The predicted octanol–water partition coefficient (Wildman–Crippen LogP) is 3.02. The summed E-state index contributed by atoms with van der Waals surface area (Å²) < 4.78 is 0. The largest absolute Gasteiger partial charge is 0.481 e. The fourth-order valence-electron chi connectivity index (χ4n) is 3.86. The summed E-state index contributed by atoms with van der Waals surface area (Å²) in [6.07, 6.45) is 2.00. The molecule has 2 unspecified atom stereocenters. The van der Waals surface area contributed by atoms with E-state index in [2.05, 4.69) is 5.32 Å². The van der Waals surface area contributed by atoms with Crippen LogP contribution >= 0.6 is 0 Å². The molecular weight excluding hydrogens is 356 g/mol. The van der Waals surface area contributed by atoms with E-state index >= 15 is 0 Å². The van der Waals surface area contributed by atoms with Crippen molar-refractivity contribution in [2.75, 3.05) is 19.6 Å². The fourth-order valence-corrected chi connectivity index (χ4v) is 3.86. The van der Waals surface area contributed by atoms with Gasteiger partial charge in [0.05, 0.1) is 11.8 Å². The third kappa shape index (κ3) is 6.08. The number of amides is 2. The van der Waals surface area contributed by atoms with Crippen LogP contribution in [0.25, 0.3) is 0 Å². The van der Waals surface area contributed by atoms with E-state index < -0.39 is 11.9 Å². The molecule has 0 aliphatic carbocycles. The number of nitrogens with one attached hydrogen (secondary N) is 1. The summed E-state index contributed by atoms with van der Waals surface area (Å²) in [5.74, 6) is -1.72. The van der Waals surface area contributed by atoms with Crippen LogP contribution in [-0.4, -0.2) is 47.4 Å². The van der Waals surface area contributed by atoms with Crippen molar-refractivity contribution in [3.63, 3.8) is 0 Å². The van der Waals surface area contributed by atoms with Crippen LogP contribution in [0, 0.1) is 31.6 Å². The molecule has 0 bridgehead atoms. The van der Waals surface area contributed by atoms with E-state index in [1.54, 1.807) is 4.90 Å². The Kier molecular flexibility index (Phi) is 7.61. The maximum atomic E-state index is 12.9. The van der Waals surface area contributed by atoms with Gasteiger partial charge >= 0.3 is 5.97 Å². The second kappa shape index (κ2) is 9.71. The molecule has 1 fully saturated rings. The van der Waals surface area contributed by atoms with Gasteiger partial charge in [0.1, 0.15) is 0 Å². The van der Waals surface area contributed by atoms with Crippen molar-refractivity contribution in [1.82, 2.24) is 10.2 Å². The Balaban J connectivity index is 1.97. The Morgan fingerprint density at radius 3 is 2.39 bits per heavy atom. The third-order valence-electron chi connectivity index (χ3n) is 5.18. The first-order valence-corrected chi connectivity index (χ1v) is 10.1. The Bertz CT molecular complexity index is 709. The third-order valence-corrected chi connectivity index (χ3v) is 5.18. The number of aliphatic carboxylic acids is 1. The van der Waals surface area contributed by atoms with Crippen LogP contribution in [0.4, 0.5) is 0 Å². The molecular formula is C22H32N2O4. The number of piperidine rings is 1. The summed E-state index contributed by atoms with van der Waals surface area (Å²) in [6, 6.07) is 5.78. The smallest absolute Gasteiger partial charge is 0.308 e. The summed E-state index contributed by atoms with van der Waals surface area (Å²) in [4.78, 5) is 38.6. The zero-order valence-electron chi connectivity index (χ0n) is 17.3. The molecule has 0 spiro atoms. The van der Waals surface area contributed by atoms with Gasteiger partial charge in [-0.05, 0) is 51.2 Å². The van der Waals surface area contributed by atoms with Gasteiger partial charge in [0, 0.05) is 25.2 Å². The van der Waals surface area contributed by atoms with E-state index in [1.807, 2.05) is 45.9 Å². The number of likely N-dealkylation sites (tertiary alicyclic amines) is 1. The summed E-state index contributed by atoms with van der Waals surface area (Å²) in [5.41, 5.74) is 2.74. The summed E-state index contributed by atoms with van der Waals surface area (Å²) >= 11 is 0. The number of rotatable bonds is 7. The standard InChI is InChI=1S/C22H32N2O4/c1-14(2)8-19(22(27)28)12-23-20(25)17-6-5-7-24(13-17)21(26)18-10-15(3)9-16(4)11-18/h9-11,14,17,19H,5-8,12-13H2,1-4H3,(H,23,25)(H,27,28). The topological polar surface area (TPSA) is 86.7 Å². The van der Waals surface area contributed by atoms with Gasteiger partial charge in [-0.15, -0.1) is 0 Å². The number of carboxylic acids is 1. The fraction of sp³-hybridized carbons (Fsp3) is 0.591. The zero-order valence-corrected chi connectivity index (χ0v) is 17.3. The molecule has 0 radical (unpaired) electrons. The molecule has 1 saturated heterocycles. The lowest BCUT2D eigenvalue weighted by Gasteiger charge is -2.32. The molecule has 1 aliphatic heterocycles. The highest BCUT2D eigenvalue weighted by Crippen LogP contribution is 2.20. The summed E-state index contributed by atoms with van der Waals surface area (Å²) in [7, 11) is 0. The Labute approximate surface area is 167 Å². The minimum absolute atomic E-state index is 0.0486. The van der Waals surface area contributed by atoms with Crippen LogP contribution < -0.4 is 5.32 Å². The molecule has 2 amide bonds. The van der Waals surface area contributed by atoms with E-state index in [1.165, 1.54) is 0 Å². The first kappa shape index (κ1) is 21.9. The lowest BCUT2D eigenvalue weighted by Crippen LogP contribution is -2.46. The SMILES string of the molecule is Cc1cc(C)cc(C(=O)N2CCCC(C(=O)NCC(CC(C)C)C(=O)O)C2)c1. The first-order chi connectivity index (χ1) is 13.2. The van der Waals surface area contributed by atoms with Crippen LogP contribution in [-0.2, 0) is 9.59 Å². The molecule has 0 saturated carbocycles. The average Bonchev–Trinajstić information content (AvgIpc) is 2.63. The molecule has 1 aliphatic rings. The Morgan fingerprint density at radius 2 is 1.82 bits per heavy atom. The first-order valence-electron chi connectivity index (χ1n) is 10.1. The van der Waals surface area contributed by atoms with Crippen molar-refractivity contribution in [2.45, 2.75) is 47.0 Å². The number of aryl methyl sites for hydroxylation is 2. The predicted molar refractivity (Wildman–Crippen MR) is 108 cm³/mol. The van der Waals surface area contributed by atoms with Crippen LogP contribution in [0.1, 0.15) is 54.6 Å². The molecule has 2 rings (SSSR count). The minimum Gasteiger partial charge on any atom is -0.481 e. The molecule has 28 heavy (non-hydrogen) atoms. The molecule has 0 aromatic heterocycles. The zero-order chi connectivity index (χ0) is 20.8. The maximum absolute atomic E-state index is 12.9. The van der Waals surface area contributed by atoms with Gasteiger partial charge in [-0.1, -0.05) is 31.0 Å². The summed E-state index contributed by atoms with van der Waals surface area (Å²) in [5, 5.41) is 12.1. The second-order valence-corrected chi connectivity index (χ2v) is 8.38.